The molecule has 4 nitrogen and oxygen atoms in total. The molecule has 0 spiro atoms. The average Bonchev–Trinajstić information content (AvgIpc) is 3.00. The zero-order valence-corrected chi connectivity index (χ0v) is 18.7. The molecule has 0 aliphatic rings. The van der Waals surface area contributed by atoms with Crippen LogP contribution >= 0.6 is 81.7 Å². The number of aromatic nitrogens is 2. The lowest BCUT2D eigenvalue weighted by Crippen LogP contribution is -2.13. The van der Waals surface area contributed by atoms with E-state index < -0.39 is 0 Å². The van der Waals surface area contributed by atoms with Crippen LogP contribution in [-0.4, -0.2) is 21.4 Å². The fraction of sp³-hybridized carbons (Fsp3) is 0.0625. The van der Waals surface area contributed by atoms with Gasteiger partial charge in [0.2, 0.25) is 5.91 Å². The van der Waals surface area contributed by atoms with Crippen molar-refractivity contribution in [3.8, 4) is 5.69 Å². The highest BCUT2D eigenvalue weighted by Gasteiger charge is 2.11. The van der Waals surface area contributed by atoms with Gasteiger partial charge in [0.15, 0.2) is 8.29 Å². The van der Waals surface area contributed by atoms with Crippen LogP contribution in [0.1, 0.15) is 0 Å². The standard InChI is InChI=1S/C16H9Cl4N3OS3/c17-10-3-1-8(5-12(10)19)21-14(24)7-26-15-22-23(16(25)27-15)9-2-4-11(18)13(20)6-9/h1-6H,7H2,(H,21,24). The summed E-state index contributed by atoms with van der Waals surface area (Å²) in [6.07, 6.45) is 0. The molecule has 1 aromatic heterocycles. The van der Waals surface area contributed by atoms with Gasteiger partial charge in [-0.05, 0) is 48.6 Å². The maximum Gasteiger partial charge on any atom is 0.234 e. The molecule has 0 fully saturated rings. The predicted octanol–water partition coefficient (Wildman–Crippen LogP) is 7.01. The van der Waals surface area contributed by atoms with Gasteiger partial charge in [0, 0.05) is 5.69 Å². The minimum absolute atomic E-state index is 0.171. The van der Waals surface area contributed by atoms with E-state index in [1.807, 2.05) is 0 Å². The molecule has 140 valence electrons. The van der Waals surface area contributed by atoms with E-state index >= 15 is 0 Å². The van der Waals surface area contributed by atoms with Crippen molar-refractivity contribution in [3.63, 3.8) is 0 Å². The van der Waals surface area contributed by atoms with E-state index in [9.17, 15) is 4.79 Å². The number of amides is 1. The molecule has 3 rings (SSSR count). The van der Waals surface area contributed by atoms with Crippen LogP contribution in [0.25, 0.3) is 5.69 Å². The molecule has 0 unspecified atom stereocenters. The van der Waals surface area contributed by atoms with Gasteiger partial charge < -0.3 is 5.32 Å². The number of anilines is 1. The third kappa shape index (κ3) is 5.38. The van der Waals surface area contributed by atoms with E-state index in [-0.39, 0.29) is 11.7 Å². The van der Waals surface area contributed by atoms with Crippen LogP contribution < -0.4 is 5.32 Å². The van der Waals surface area contributed by atoms with Gasteiger partial charge >= 0.3 is 0 Å². The number of carbonyl (C=O) groups excluding carboxylic acids is 1. The maximum atomic E-state index is 12.1. The number of halogens is 4. The number of carbonyl (C=O) groups is 1. The van der Waals surface area contributed by atoms with E-state index in [1.54, 1.807) is 41.1 Å². The third-order valence-corrected chi connectivity index (χ3v) is 7.05. The number of hydrogen-bond acceptors (Lipinski definition) is 5. The molecular formula is C16H9Cl4N3OS3. The second kappa shape index (κ2) is 9.13. The summed E-state index contributed by atoms with van der Waals surface area (Å²) < 4.78 is 2.79. The summed E-state index contributed by atoms with van der Waals surface area (Å²) in [4.78, 5) is 12.1. The Morgan fingerprint density at radius 3 is 2.41 bits per heavy atom. The second-order valence-electron chi connectivity index (χ2n) is 5.11. The number of hydrogen-bond donors (Lipinski definition) is 1. The van der Waals surface area contributed by atoms with Crippen molar-refractivity contribution in [2.24, 2.45) is 0 Å². The van der Waals surface area contributed by atoms with Crippen LogP contribution in [0.15, 0.2) is 40.7 Å². The first-order valence-corrected chi connectivity index (χ1v) is 11.0. The molecule has 11 heteroatoms. The lowest BCUT2D eigenvalue weighted by molar-refractivity contribution is -0.113. The van der Waals surface area contributed by atoms with Crippen molar-refractivity contribution in [1.29, 1.82) is 0 Å². The van der Waals surface area contributed by atoms with Gasteiger partial charge in [0.1, 0.15) is 0 Å². The Labute approximate surface area is 188 Å². The van der Waals surface area contributed by atoms with E-state index in [2.05, 4.69) is 10.4 Å². The average molecular weight is 497 g/mol. The molecule has 3 aromatic rings. The highest BCUT2D eigenvalue weighted by molar-refractivity contribution is 8.01. The largest absolute Gasteiger partial charge is 0.325 e. The normalized spacial score (nSPS) is 10.8. The van der Waals surface area contributed by atoms with Crippen LogP contribution in [-0.2, 0) is 4.79 Å². The molecule has 1 amide bonds. The fourth-order valence-electron chi connectivity index (χ4n) is 2.00. The fourth-order valence-corrected chi connectivity index (χ4v) is 4.75. The first-order chi connectivity index (χ1) is 12.8. The van der Waals surface area contributed by atoms with Gasteiger partial charge in [-0.15, -0.1) is 5.10 Å². The van der Waals surface area contributed by atoms with Gasteiger partial charge in [0.05, 0.1) is 31.5 Å². The molecule has 2 aromatic carbocycles. The van der Waals surface area contributed by atoms with Crippen molar-refractivity contribution in [1.82, 2.24) is 9.78 Å². The van der Waals surface area contributed by atoms with Gasteiger partial charge in [-0.2, -0.15) is 0 Å². The smallest absolute Gasteiger partial charge is 0.234 e. The molecule has 0 atom stereocenters. The topological polar surface area (TPSA) is 46.9 Å². The van der Waals surface area contributed by atoms with Crippen molar-refractivity contribution >= 4 is 93.3 Å². The van der Waals surface area contributed by atoms with Gasteiger partial charge in [0.25, 0.3) is 0 Å². The maximum absolute atomic E-state index is 12.1. The molecule has 0 radical (unpaired) electrons. The van der Waals surface area contributed by atoms with Gasteiger partial charge in [-0.3, -0.25) is 4.79 Å². The highest BCUT2D eigenvalue weighted by Crippen LogP contribution is 2.28. The van der Waals surface area contributed by atoms with E-state index in [0.717, 1.165) is 0 Å². The third-order valence-electron chi connectivity index (χ3n) is 3.21. The molecule has 1 heterocycles. The monoisotopic (exact) mass is 495 g/mol. The van der Waals surface area contributed by atoms with Gasteiger partial charge in [-0.25, -0.2) is 4.68 Å². The summed E-state index contributed by atoms with van der Waals surface area (Å²) in [6.45, 7) is 0. The van der Waals surface area contributed by atoms with Crippen molar-refractivity contribution in [2.45, 2.75) is 4.34 Å². The van der Waals surface area contributed by atoms with Crippen molar-refractivity contribution in [3.05, 3.63) is 60.4 Å². The van der Waals surface area contributed by atoms with Crippen LogP contribution in [0.3, 0.4) is 0 Å². The lowest BCUT2D eigenvalue weighted by atomic mass is 10.3. The second-order valence-corrected chi connectivity index (χ2v) is 9.58. The molecular weight excluding hydrogens is 488 g/mol. The first-order valence-electron chi connectivity index (χ1n) is 7.27. The van der Waals surface area contributed by atoms with Gasteiger partial charge in [-0.1, -0.05) is 69.5 Å². The molecule has 0 aliphatic carbocycles. The molecule has 1 N–H and O–H groups in total. The Morgan fingerprint density at radius 2 is 1.74 bits per heavy atom. The molecule has 0 bridgehead atoms. The first kappa shape index (κ1) is 20.9. The molecule has 0 aliphatic heterocycles. The number of benzene rings is 2. The minimum atomic E-state index is -0.194. The van der Waals surface area contributed by atoms with Crippen LogP contribution in [0.5, 0.6) is 0 Å². The molecule has 0 saturated carbocycles. The Hall–Kier alpha value is -0.800. The quantitative estimate of drug-likeness (QED) is 0.305. The zero-order valence-electron chi connectivity index (χ0n) is 13.2. The summed E-state index contributed by atoms with van der Waals surface area (Å²) in [5.74, 6) is -0.0234. The van der Waals surface area contributed by atoms with Crippen molar-refractivity contribution < 1.29 is 4.79 Å². The summed E-state index contributed by atoms with van der Waals surface area (Å²) in [5, 5.41) is 8.86. The summed E-state index contributed by atoms with van der Waals surface area (Å²) in [6, 6.07) is 10.0. The molecule has 27 heavy (non-hydrogen) atoms. The minimum Gasteiger partial charge on any atom is -0.325 e. The Balaban J connectivity index is 1.66. The van der Waals surface area contributed by atoms with E-state index in [4.69, 9.17) is 58.6 Å². The number of thioether (sulfide) groups is 1. The summed E-state index contributed by atoms with van der Waals surface area (Å²) >= 11 is 31.7. The number of nitrogens with zero attached hydrogens (tertiary/aromatic N) is 2. The Kier molecular flexibility index (Phi) is 7.08. The summed E-state index contributed by atoms with van der Waals surface area (Å²) in [5.41, 5.74) is 1.28. The van der Waals surface area contributed by atoms with E-state index in [1.165, 1.54) is 23.1 Å². The zero-order chi connectivity index (χ0) is 19.6. The van der Waals surface area contributed by atoms with E-state index in [0.29, 0.717) is 39.8 Å². The van der Waals surface area contributed by atoms with Crippen LogP contribution in [0.4, 0.5) is 5.69 Å². The van der Waals surface area contributed by atoms with Crippen LogP contribution in [0.2, 0.25) is 20.1 Å². The SMILES string of the molecule is O=C(CSc1nn(-c2ccc(Cl)c(Cl)c2)c(=S)s1)Nc1ccc(Cl)c(Cl)c1. The predicted molar refractivity (Wildman–Crippen MR) is 118 cm³/mol. The Morgan fingerprint density at radius 1 is 1.07 bits per heavy atom. The van der Waals surface area contributed by atoms with Crippen LogP contribution in [0, 0.1) is 3.95 Å². The lowest BCUT2D eigenvalue weighted by Gasteiger charge is -2.05. The summed E-state index contributed by atoms with van der Waals surface area (Å²) in [7, 11) is 0. The Bertz CT molecular complexity index is 1070. The van der Waals surface area contributed by atoms with Crippen molar-refractivity contribution in [2.75, 3.05) is 11.1 Å². The number of nitrogens with one attached hydrogen (secondary N) is 1. The molecule has 0 saturated heterocycles. The highest BCUT2D eigenvalue weighted by atomic mass is 35.5. The number of rotatable bonds is 5.